The maximum Gasteiger partial charge on any atom is 0.110 e. The number of nitrogens with zero attached hydrogens (tertiary/aromatic N) is 2. The van der Waals surface area contributed by atoms with Gasteiger partial charge in [-0.1, -0.05) is 6.92 Å². The molecule has 4 nitrogen and oxygen atoms in total. The molecule has 0 fully saturated rings. The lowest BCUT2D eigenvalue weighted by atomic mass is 10.1. The van der Waals surface area contributed by atoms with Crippen LogP contribution in [-0.4, -0.2) is 35.9 Å². The summed E-state index contributed by atoms with van der Waals surface area (Å²) in [7, 11) is 5.75. The van der Waals surface area contributed by atoms with Crippen LogP contribution in [0.25, 0.3) is 0 Å². The van der Waals surface area contributed by atoms with Crippen LogP contribution in [0.1, 0.15) is 19.2 Å². The van der Waals surface area contributed by atoms with E-state index >= 15 is 0 Å². The lowest BCUT2D eigenvalue weighted by Crippen LogP contribution is -2.40. The fourth-order valence-corrected chi connectivity index (χ4v) is 1.82. The third kappa shape index (κ3) is 3.04. The summed E-state index contributed by atoms with van der Waals surface area (Å²) in [6.45, 7) is 2.14. The van der Waals surface area contributed by atoms with Crippen LogP contribution in [0.5, 0.6) is 0 Å². The molecule has 1 aromatic rings. The molecule has 0 aromatic carbocycles. The van der Waals surface area contributed by atoms with E-state index < -0.39 is 0 Å². The highest BCUT2D eigenvalue weighted by molar-refractivity contribution is 4.96. The molecule has 0 aliphatic carbocycles. The molecule has 0 aliphatic heterocycles. The second-order valence-corrected chi connectivity index (χ2v) is 3.74. The Morgan fingerprint density at radius 1 is 1.60 bits per heavy atom. The van der Waals surface area contributed by atoms with Crippen molar-refractivity contribution in [2.45, 2.75) is 31.9 Å². The molecule has 1 N–H and O–H groups in total. The predicted molar refractivity (Wildman–Crippen MR) is 60.8 cm³/mol. The molecular weight excluding hydrogens is 190 g/mol. The fraction of sp³-hybridized carbons (Fsp3) is 0.727. The number of nitrogens with one attached hydrogen (secondary N) is 1. The van der Waals surface area contributed by atoms with Gasteiger partial charge in [-0.15, -0.1) is 0 Å². The predicted octanol–water partition coefficient (Wildman–Crippen LogP) is 0.976. The van der Waals surface area contributed by atoms with Gasteiger partial charge in [-0.05, 0) is 13.5 Å². The van der Waals surface area contributed by atoms with Crippen molar-refractivity contribution in [3.63, 3.8) is 0 Å². The number of imidazole rings is 1. The van der Waals surface area contributed by atoms with Gasteiger partial charge in [0.15, 0.2) is 0 Å². The number of hydrogen-bond acceptors (Lipinski definition) is 3. The van der Waals surface area contributed by atoms with Crippen molar-refractivity contribution in [2.75, 3.05) is 14.2 Å². The number of rotatable bonds is 6. The van der Waals surface area contributed by atoms with Gasteiger partial charge in [0.05, 0.1) is 6.10 Å². The van der Waals surface area contributed by atoms with Gasteiger partial charge in [-0.3, -0.25) is 0 Å². The van der Waals surface area contributed by atoms with Gasteiger partial charge in [-0.2, -0.15) is 0 Å². The van der Waals surface area contributed by atoms with E-state index in [4.69, 9.17) is 4.74 Å². The molecule has 15 heavy (non-hydrogen) atoms. The number of aromatic nitrogens is 2. The van der Waals surface area contributed by atoms with E-state index in [1.54, 1.807) is 7.11 Å². The molecule has 0 radical (unpaired) electrons. The van der Waals surface area contributed by atoms with Crippen LogP contribution in [0, 0.1) is 0 Å². The van der Waals surface area contributed by atoms with Crippen molar-refractivity contribution in [1.29, 1.82) is 0 Å². The van der Waals surface area contributed by atoms with Crippen LogP contribution in [0.4, 0.5) is 0 Å². The third-order valence-electron chi connectivity index (χ3n) is 2.85. The first-order valence-electron chi connectivity index (χ1n) is 5.39. The van der Waals surface area contributed by atoms with Crippen molar-refractivity contribution in [1.82, 2.24) is 14.9 Å². The molecule has 1 aromatic heterocycles. The van der Waals surface area contributed by atoms with Gasteiger partial charge in [0, 0.05) is 39.0 Å². The number of methoxy groups -OCH3 is 1. The summed E-state index contributed by atoms with van der Waals surface area (Å²) in [6, 6.07) is 0.320. The maximum atomic E-state index is 5.44. The van der Waals surface area contributed by atoms with E-state index in [1.165, 1.54) is 0 Å². The topological polar surface area (TPSA) is 39.1 Å². The Bertz CT molecular complexity index is 281. The standard InChI is InChI=1S/C11H21N3O/c1-5-10(15-4)9(12-2)8-11-13-6-7-14(11)3/h6-7,9-10,12H,5,8H2,1-4H3. The maximum absolute atomic E-state index is 5.44. The molecule has 0 saturated heterocycles. The molecule has 2 unspecified atom stereocenters. The zero-order chi connectivity index (χ0) is 11.3. The summed E-state index contributed by atoms with van der Waals surface area (Å²) < 4.78 is 7.49. The first-order chi connectivity index (χ1) is 7.22. The quantitative estimate of drug-likeness (QED) is 0.762. The van der Waals surface area contributed by atoms with Gasteiger partial charge in [0.1, 0.15) is 5.82 Å². The molecule has 1 rings (SSSR count). The van der Waals surface area contributed by atoms with Crippen molar-refractivity contribution < 1.29 is 4.74 Å². The number of aryl methyl sites for hydroxylation is 1. The zero-order valence-corrected chi connectivity index (χ0v) is 10.0. The monoisotopic (exact) mass is 211 g/mol. The molecule has 0 bridgehead atoms. The Morgan fingerprint density at radius 2 is 2.33 bits per heavy atom. The average Bonchev–Trinajstić information content (AvgIpc) is 2.64. The molecule has 0 saturated carbocycles. The molecule has 86 valence electrons. The Labute approximate surface area is 91.7 Å². The second kappa shape index (κ2) is 5.88. The molecule has 0 spiro atoms. The Kier molecular flexibility index (Phi) is 4.78. The van der Waals surface area contributed by atoms with Crippen LogP contribution in [-0.2, 0) is 18.2 Å². The van der Waals surface area contributed by atoms with Crippen LogP contribution >= 0.6 is 0 Å². The Hall–Kier alpha value is -0.870. The fourth-order valence-electron chi connectivity index (χ4n) is 1.82. The van der Waals surface area contributed by atoms with Crippen LogP contribution in [0.3, 0.4) is 0 Å². The van der Waals surface area contributed by atoms with E-state index in [-0.39, 0.29) is 6.10 Å². The highest BCUT2D eigenvalue weighted by Gasteiger charge is 2.19. The molecule has 0 aliphatic rings. The summed E-state index contributed by atoms with van der Waals surface area (Å²) in [6.07, 6.45) is 5.94. The summed E-state index contributed by atoms with van der Waals surface area (Å²) in [5, 5.41) is 3.29. The third-order valence-corrected chi connectivity index (χ3v) is 2.85. The number of hydrogen-bond donors (Lipinski definition) is 1. The Balaban J connectivity index is 2.64. The van der Waals surface area contributed by atoms with Gasteiger partial charge in [-0.25, -0.2) is 4.98 Å². The summed E-state index contributed by atoms with van der Waals surface area (Å²) in [4.78, 5) is 4.32. The molecule has 1 heterocycles. The van der Waals surface area contributed by atoms with Gasteiger partial charge in [0.25, 0.3) is 0 Å². The lowest BCUT2D eigenvalue weighted by molar-refractivity contribution is 0.0670. The molecule has 2 atom stereocenters. The summed E-state index contributed by atoms with van der Waals surface area (Å²) in [5.41, 5.74) is 0. The van der Waals surface area contributed by atoms with E-state index in [0.717, 1.165) is 18.7 Å². The first kappa shape index (κ1) is 12.2. The van der Waals surface area contributed by atoms with Gasteiger partial charge >= 0.3 is 0 Å². The van der Waals surface area contributed by atoms with E-state index in [1.807, 2.05) is 31.1 Å². The van der Waals surface area contributed by atoms with Crippen molar-refractivity contribution >= 4 is 0 Å². The van der Waals surface area contributed by atoms with Gasteiger partial charge in [0.2, 0.25) is 0 Å². The molecule has 4 heteroatoms. The van der Waals surface area contributed by atoms with Crippen LogP contribution in [0.15, 0.2) is 12.4 Å². The normalized spacial score (nSPS) is 15.2. The lowest BCUT2D eigenvalue weighted by Gasteiger charge is -2.24. The van der Waals surface area contributed by atoms with E-state index in [0.29, 0.717) is 6.04 Å². The Morgan fingerprint density at radius 3 is 2.73 bits per heavy atom. The van der Waals surface area contributed by atoms with Crippen LogP contribution < -0.4 is 5.32 Å². The van der Waals surface area contributed by atoms with E-state index in [9.17, 15) is 0 Å². The van der Waals surface area contributed by atoms with Crippen molar-refractivity contribution in [3.05, 3.63) is 18.2 Å². The zero-order valence-electron chi connectivity index (χ0n) is 10.0. The number of likely N-dealkylation sites (N-methyl/N-ethyl adjacent to an activating group) is 1. The minimum Gasteiger partial charge on any atom is -0.380 e. The van der Waals surface area contributed by atoms with Crippen molar-refractivity contribution in [3.8, 4) is 0 Å². The largest absolute Gasteiger partial charge is 0.380 e. The van der Waals surface area contributed by atoms with E-state index in [2.05, 4.69) is 17.2 Å². The number of ether oxygens (including phenoxy) is 1. The minimum absolute atomic E-state index is 0.242. The SMILES string of the molecule is CCC(OC)C(Cc1nccn1C)NC. The molecule has 0 amide bonds. The average molecular weight is 211 g/mol. The van der Waals surface area contributed by atoms with Crippen molar-refractivity contribution in [2.24, 2.45) is 7.05 Å². The highest BCUT2D eigenvalue weighted by Crippen LogP contribution is 2.08. The summed E-state index contributed by atoms with van der Waals surface area (Å²) >= 11 is 0. The van der Waals surface area contributed by atoms with Crippen LogP contribution in [0.2, 0.25) is 0 Å². The minimum atomic E-state index is 0.242. The molecular formula is C11H21N3O. The second-order valence-electron chi connectivity index (χ2n) is 3.74. The first-order valence-corrected chi connectivity index (χ1v) is 5.39. The highest BCUT2D eigenvalue weighted by atomic mass is 16.5. The van der Waals surface area contributed by atoms with Gasteiger partial charge < -0.3 is 14.6 Å². The summed E-state index contributed by atoms with van der Waals surface area (Å²) in [5.74, 6) is 1.09. The smallest absolute Gasteiger partial charge is 0.110 e.